The minimum atomic E-state index is 1.11. The molecule has 2 nitrogen and oxygen atoms in total. The monoisotopic (exact) mass is 668 g/mol. The first-order chi connectivity index (χ1) is 25.6. The molecule has 0 bridgehead atoms. The Bertz CT molecular complexity index is 2250. The number of hydrogen-bond donors (Lipinski definition) is 0. The van der Waals surface area contributed by atoms with Crippen LogP contribution < -0.4 is 9.80 Å². The van der Waals surface area contributed by atoms with Crippen LogP contribution in [0.4, 0.5) is 34.1 Å². The van der Waals surface area contributed by atoms with E-state index >= 15 is 0 Å². The Morgan fingerprint density at radius 1 is 0.250 bits per heavy atom. The zero-order chi connectivity index (χ0) is 35.3. The van der Waals surface area contributed by atoms with Crippen molar-refractivity contribution in [2.75, 3.05) is 9.80 Å². The van der Waals surface area contributed by atoms with Crippen LogP contribution in [-0.2, 0) is 0 Å². The average molecular weight is 669 g/mol. The zero-order valence-corrected chi connectivity index (χ0v) is 29.5. The zero-order valence-electron chi connectivity index (χ0n) is 29.5. The number of hydrogen-bond acceptors (Lipinski definition) is 2. The molecule has 0 spiro atoms. The van der Waals surface area contributed by atoms with Gasteiger partial charge in [-0.3, -0.25) is 0 Å². The van der Waals surface area contributed by atoms with Crippen molar-refractivity contribution in [1.29, 1.82) is 0 Å². The van der Waals surface area contributed by atoms with E-state index in [9.17, 15) is 0 Å². The number of rotatable bonds is 9. The first-order valence-electron chi connectivity index (χ1n) is 17.9. The summed E-state index contributed by atoms with van der Waals surface area (Å²) in [5.74, 6) is 0. The van der Waals surface area contributed by atoms with Gasteiger partial charge in [0.2, 0.25) is 0 Å². The fourth-order valence-corrected chi connectivity index (χ4v) is 7.04. The van der Waals surface area contributed by atoms with Gasteiger partial charge in [-0.1, -0.05) is 133 Å². The molecule has 52 heavy (non-hydrogen) atoms. The molecule has 0 fully saturated rings. The molecule has 0 unspecified atom stereocenters. The van der Waals surface area contributed by atoms with Gasteiger partial charge < -0.3 is 9.80 Å². The second-order valence-electron chi connectivity index (χ2n) is 13.2. The van der Waals surface area contributed by atoms with Crippen molar-refractivity contribution in [3.05, 3.63) is 217 Å². The predicted octanol–water partition coefficient (Wildman–Crippen LogP) is 14.2. The van der Waals surface area contributed by atoms with Gasteiger partial charge in [0.15, 0.2) is 0 Å². The Labute approximate surface area is 307 Å². The fourth-order valence-electron chi connectivity index (χ4n) is 7.04. The van der Waals surface area contributed by atoms with Gasteiger partial charge in [0.25, 0.3) is 0 Å². The summed E-state index contributed by atoms with van der Waals surface area (Å²) in [6, 6.07) is 73.9. The topological polar surface area (TPSA) is 6.48 Å². The number of nitrogens with zero attached hydrogens (tertiary/aromatic N) is 2. The summed E-state index contributed by atoms with van der Waals surface area (Å²) in [4.78, 5) is 4.72. The maximum absolute atomic E-state index is 2.36. The molecule has 0 aliphatic rings. The van der Waals surface area contributed by atoms with Crippen LogP contribution in [0.15, 0.2) is 206 Å². The second-order valence-corrected chi connectivity index (χ2v) is 13.2. The van der Waals surface area contributed by atoms with E-state index in [1.165, 1.54) is 44.5 Å². The van der Waals surface area contributed by atoms with Crippen LogP contribution in [0.3, 0.4) is 0 Å². The summed E-state index contributed by atoms with van der Waals surface area (Å²) in [6.45, 7) is 4.43. The predicted molar refractivity (Wildman–Crippen MR) is 222 cm³/mol. The van der Waals surface area contributed by atoms with E-state index < -0.39 is 0 Å². The van der Waals surface area contributed by atoms with Crippen molar-refractivity contribution in [3.8, 4) is 33.4 Å². The highest BCUT2D eigenvalue weighted by Crippen LogP contribution is 2.42. The number of aryl methyl sites for hydroxylation is 2. The highest BCUT2D eigenvalue weighted by atomic mass is 15.1. The average Bonchev–Trinajstić information content (AvgIpc) is 3.21. The lowest BCUT2D eigenvalue weighted by Crippen LogP contribution is -2.11. The molecule has 0 aromatic heterocycles. The summed E-state index contributed by atoms with van der Waals surface area (Å²) in [5.41, 5.74) is 16.3. The molecule has 0 atom stereocenters. The van der Waals surface area contributed by atoms with Crippen LogP contribution in [0, 0.1) is 13.8 Å². The fraction of sp³-hybridized carbons (Fsp3) is 0.0400. The smallest absolute Gasteiger partial charge is 0.0467 e. The van der Waals surface area contributed by atoms with Gasteiger partial charge in [-0.05, 0) is 131 Å². The van der Waals surface area contributed by atoms with Crippen LogP contribution in [0.5, 0.6) is 0 Å². The van der Waals surface area contributed by atoms with E-state index in [0.29, 0.717) is 0 Å². The molecular weight excluding hydrogens is 629 g/mol. The van der Waals surface area contributed by atoms with Gasteiger partial charge in [-0.25, -0.2) is 0 Å². The molecule has 0 heterocycles. The Morgan fingerprint density at radius 2 is 0.558 bits per heavy atom. The van der Waals surface area contributed by atoms with Gasteiger partial charge in [0.05, 0.1) is 0 Å². The molecule has 0 radical (unpaired) electrons. The van der Waals surface area contributed by atoms with Gasteiger partial charge in [0, 0.05) is 34.1 Å². The largest absolute Gasteiger partial charge is 0.310 e. The summed E-state index contributed by atoms with van der Waals surface area (Å²) < 4.78 is 0. The van der Waals surface area contributed by atoms with E-state index in [1.807, 2.05) is 0 Å². The van der Waals surface area contributed by atoms with Crippen molar-refractivity contribution in [3.63, 3.8) is 0 Å². The van der Waals surface area contributed by atoms with Crippen molar-refractivity contribution in [2.24, 2.45) is 0 Å². The normalized spacial score (nSPS) is 10.9. The highest BCUT2D eigenvalue weighted by molar-refractivity contribution is 5.87. The molecule has 0 N–H and O–H groups in total. The Kier molecular flexibility index (Phi) is 9.19. The molecule has 0 amide bonds. The number of anilines is 6. The van der Waals surface area contributed by atoms with Crippen LogP contribution in [0.2, 0.25) is 0 Å². The minimum Gasteiger partial charge on any atom is -0.310 e. The van der Waals surface area contributed by atoms with Crippen molar-refractivity contribution in [2.45, 2.75) is 13.8 Å². The standard InChI is InChI=1S/C50H40N2/c1-37-29-31-47(51(43-23-11-5-12-24-43)45-27-15-21-41(33-45)39-17-7-3-8-18-39)35-49(37)50-36-48(32-30-38(50)2)52(44-25-13-6-14-26-44)46-28-16-22-42(34-46)40-19-9-4-10-20-40/h3-36H,1-2H3. The first kappa shape index (κ1) is 32.6. The number of benzene rings is 8. The summed E-state index contributed by atoms with van der Waals surface area (Å²) in [5, 5.41) is 0. The van der Waals surface area contributed by atoms with Crippen molar-refractivity contribution < 1.29 is 0 Å². The van der Waals surface area contributed by atoms with Crippen molar-refractivity contribution >= 4 is 34.1 Å². The molecule has 8 aromatic carbocycles. The summed E-state index contributed by atoms with van der Waals surface area (Å²) in [7, 11) is 0. The Balaban J connectivity index is 1.25. The van der Waals surface area contributed by atoms with Crippen LogP contribution >= 0.6 is 0 Å². The maximum atomic E-state index is 2.36. The van der Waals surface area contributed by atoms with Gasteiger partial charge in [-0.2, -0.15) is 0 Å². The van der Waals surface area contributed by atoms with E-state index in [-0.39, 0.29) is 0 Å². The highest BCUT2D eigenvalue weighted by Gasteiger charge is 2.19. The van der Waals surface area contributed by atoms with Gasteiger partial charge in [-0.15, -0.1) is 0 Å². The maximum Gasteiger partial charge on any atom is 0.0467 e. The van der Waals surface area contributed by atoms with Crippen molar-refractivity contribution in [1.82, 2.24) is 0 Å². The third kappa shape index (κ3) is 6.75. The third-order valence-electron chi connectivity index (χ3n) is 9.70. The molecular formula is C50H40N2. The number of para-hydroxylation sites is 2. The summed E-state index contributed by atoms with van der Waals surface area (Å²) >= 11 is 0. The van der Waals surface area contributed by atoms with E-state index in [0.717, 1.165) is 34.1 Å². The minimum absolute atomic E-state index is 1.11. The quantitative estimate of drug-likeness (QED) is 0.151. The summed E-state index contributed by atoms with van der Waals surface area (Å²) in [6.07, 6.45) is 0. The lowest BCUT2D eigenvalue weighted by Gasteiger charge is -2.28. The molecule has 0 aliphatic carbocycles. The van der Waals surface area contributed by atoms with Gasteiger partial charge in [0.1, 0.15) is 0 Å². The molecule has 2 heteroatoms. The van der Waals surface area contributed by atoms with Crippen LogP contribution in [-0.4, -0.2) is 0 Å². The third-order valence-corrected chi connectivity index (χ3v) is 9.70. The van der Waals surface area contributed by atoms with Crippen LogP contribution in [0.25, 0.3) is 33.4 Å². The molecule has 0 saturated carbocycles. The lowest BCUT2D eigenvalue weighted by molar-refractivity contribution is 1.26. The first-order valence-corrected chi connectivity index (χ1v) is 17.9. The molecule has 0 aliphatic heterocycles. The Hall–Kier alpha value is -6.64. The SMILES string of the molecule is Cc1ccc(N(c2ccccc2)c2cccc(-c3ccccc3)c2)cc1-c1cc(N(c2ccccc2)c2cccc(-c3ccccc3)c2)ccc1C. The molecule has 8 rings (SSSR count). The molecule has 0 saturated heterocycles. The van der Waals surface area contributed by atoms with Crippen LogP contribution in [0.1, 0.15) is 11.1 Å². The molecule has 8 aromatic rings. The Morgan fingerprint density at radius 3 is 0.942 bits per heavy atom. The molecule has 250 valence electrons. The van der Waals surface area contributed by atoms with E-state index in [1.54, 1.807) is 0 Å². The second kappa shape index (κ2) is 14.7. The van der Waals surface area contributed by atoms with E-state index in [4.69, 9.17) is 0 Å². The lowest BCUT2D eigenvalue weighted by atomic mass is 9.94. The van der Waals surface area contributed by atoms with E-state index in [2.05, 4.69) is 230 Å². The van der Waals surface area contributed by atoms with Gasteiger partial charge >= 0.3 is 0 Å².